The van der Waals surface area contributed by atoms with Crippen molar-refractivity contribution in [2.75, 3.05) is 39.2 Å². The van der Waals surface area contributed by atoms with Gasteiger partial charge in [0.2, 0.25) is 0 Å². The molecule has 2 aromatic rings. The summed E-state index contributed by atoms with van der Waals surface area (Å²) in [5.74, 6) is 1.06. The zero-order chi connectivity index (χ0) is 20.7. The molecule has 2 aliphatic heterocycles. The van der Waals surface area contributed by atoms with Crippen molar-refractivity contribution in [3.8, 4) is 5.75 Å². The molecule has 9 nitrogen and oxygen atoms in total. The maximum atomic E-state index is 13.6. The van der Waals surface area contributed by atoms with Gasteiger partial charge in [-0.1, -0.05) is 0 Å². The Morgan fingerprint density at radius 2 is 1.86 bits per heavy atom. The Bertz CT molecular complexity index is 1000. The van der Waals surface area contributed by atoms with Crippen LogP contribution in [0.2, 0.25) is 0 Å². The fourth-order valence-electron chi connectivity index (χ4n) is 3.67. The molecule has 0 aromatic heterocycles. The summed E-state index contributed by atoms with van der Waals surface area (Å²) in [6.45, 7) is 1.51. The van der Waals surface area contributed by atoms with Gasteiger partial charge in [0, 0.05) is 38.0 Å². The number of non-ortho nitro benzene ring substituents is 1. The number of fused-ring (bicyclic) bond motifs is 2. The number of aliphatic imine (C=N–C) groups is 1. The van der Waals surface area contributed by atoms with Gasteiger partial charge in [0.15, 0.2) is 0 Å². The lowest BCUT2D eigenvalue weighted by Crippen LogP contribution is -2.62. The number of hydrogen-bond donors (Lipinski definition) is 0. The number of methoxy groups -OCH3 is 1. The van der Waals surface area contributed by atoms with Gasteiger partial charge in [0.25, 0.3) is 11.6 Å². The zero-order valence-electron chi connectivity index (χ0n) is 16.4. The van der Waals surface area contributed by atoms with Gasteiger partial charge in [-0.3, -0.25) is 24.7 Å². The second-order valence-corrected chi connectivity index (χ2v) is 7.08. The molecule has 0 radical (unpaired) electrons. The first-order valence-corrected chi connectivity index (χ1v) is 9.16. The number of rotatable bonds is 3. The Balaban J connectivity index is 1.92. The third-order valence-electron chi connectivity index (χ3n) is 5.30. The molecule has 1 unspecified atom stereocenters. The van der Waals surface area contributed by atoms with Crippen molar-refractivity contribution >= 4 is 28.8 Å². The number of likely N-dealkylation sites (N-methyl/N-ethyl adjacent to an activating group) is 2. The topological polar surface area (TPSA) is 91.5 Å². The van der Waals surface area contributed by atoms with E-state index in [0.29, 0.717) is 17.1 Å². The lowest BCUT2D eigenvalue weighted by molar-refractivity contribution is -0.384. The first-order valence-electron chi connectivity index (χ1n) is 9.16. The minimum absolute atomic E-state index is 0.140. The number of piperazine rings is 1. The van der Waals surface area contributed by atoms with Crippen LogP contribution in [0.4, 0.5) is 17.1 Å². The number of ether oxygens (including phenoxy) is 1. The summed E-state index contributed by atoms with van der Waals surface area (Å²) in [4.78, 5) is 34.9. The maximum Gasteiger partial charge on any atom is 0.270 e. The highest BCUT2D eigenvalue weighted by Crippen LogP contribution is 2.35. The molecule has 29 heavy (non-hydrogen) atoms. The Kier molecular flexibility index (Phi) is 4.67. The molecule has 2 aliphatic rings. The first kappa shape index (κ1) is 18.9. The molecule has 0 spiro atoms. The van der Waals surface area contributed by atoms with Crippen molar-refractivity contribution < 1.29 is 14.5 Å². The molecule has 1 fully saturated rings. The summed E-state index contributed by atoms with van der Waals surface area (Å²) in [7, 11) is 5.46. The number of amidine groups is 1. The van der Waals surface area contributed by atoms with Gasteiger partial charge in [-0.2, -0.15) is 0 Å². The van der Waals surface area contributed by atoms with Gasteiger partial charge in [-0.15, -0.1) is 0 Å². The zero-order valence-corrected chi connectivity index (χ0v) is 16.4. The second kappa shape index (κ2) is 7.17. The number of nitro groups is 1. The van der Waals surface area contributed by atoms with E-state index in [9.17, 15) is 14.9 Å². The summed E-state index contributed by atoms with van der Waals surface area (Å²) in [6.07, 6.45) is -0.430. The standard InChI is InChI=1S/C20H21N5O4/c1-22-10-11-23(2)19-18(22)21-17-9-6-14(25(27)28)12-16(17)20(26)24(19)13-4-7-15(29-3)8-5-13/h4-9,12,19H,10-11H2,1-3H3. The number of nitro benzene ring substituents is 1. The molecule has 1 saturated heterocycles. The van der Waals surface area contributed by atoms with Gasteiger partial charge in [0.05, 0.1) is 23.3 Å². The third-order valence-corrected chi connectivity index (χ3v) is 5.30. The molecule has 0 saturated carbocycles. The molecule has 150 valence electrons. The van der Waals surface area contributed by atoms with Crippen LogP contribution < -0.4 is 9.64 Å². The molecular formula is C20H21N5O4. The minimum Gasteiger partial charge on any atom is -0.497 e. The van der Waals surface area contributed by atoms with Gasteiger partial charge < -0.3 is 9.64 Å². The SMILES string of the molecule is COc1ccc(N2C(=O)c3cc([N+](=O)[O-])ccc3N=C3C2N(C)CCN3C)cc1. The van der Waals surface area contributed by atoms with Crippen molar-refractivity contribution in [2.45, 2.75) is 6.17 Å². The van der Waals surface area contributed by atoms with Crippen LogP contribution in [0.1, 0.15) is 10.4 Å². The number of carbonyl (C=O) groups excluding carboxylic acids is 1. The van der Waals surface area contributed by atoms with Crippen molar-refractivity contribution in [1.82, 2.24) is 9.80 Å². The van der Waals surface area contributed by atoms with Crippen molar-refractivity contribution in [3.05, 3.63) is 58.1 Å². The van der Waals surface area contributed by atoms with Crippen LogP contribution in [0.3, 0.4) is 0 Å². The lowest BCUT2D eigenvalue weighted by Gasteiger charge is -2.44. The average molecular weight is 395 g/mol. The van der Waals surface area contributed by atoms with Crippen LogP contribution in [0.5, 0.6) is 5.75 Å². The van der Waals surface area contributed by atoms with Crippen LogP contribution in [-0.2, 0) is 0 Å². The number of amides is 1. The summed E-state index contributed by atoms with van der Waals surface area (Å²) < 4.78 is 5.23. The monoisotopic (exact) mass is 395 g/mol. The Labute approximate surface area is 167 Å². The quantitative estimate of drug-likeness (QED) is 0.586. The molecule has 0 bridgehead atoms. The molecule has 2 aromatic carbocycles. The number of hydrogen-bond acceptors (Lipinski definition) is 7. The lowest BCUT2D eigenvalue weighted by atomic mass is 10.1. The highest BCUT2D eigenvalue weighted by molar-refractivity contribution is 6.15. The number of nitrogens with zero attached hydrogens (tertiary/aromatic N) is 5. The fraction of sp³-hybridized carbons (Fsp3) is 0.300. The number of anilines is 1. The van der Waals surface area contributed by atoms with E-state index < -0.39 is 11.1 Å². The Morgan fingerprint density at radius 1 is 1.14 bits per heavy atom. The van der Waals surface area contributed by atoms with Crippen LogP contribution in [0, 0.1) is 10.1 Å². The van der Waals surface area contributed by atoms with E-state index in [1.807, 2.05) is 19.0 Å². The Hall–Kier alpha value is -3.46. The fourth-order valence-corrected chi connectivity index (χ4v) is 3.67. The van der Waals surface area contributed by atoms with Crippen molar-refractivity contribution in [1.29, 1.82) is 0 Å². The molecule has 9 heteroatoms. The van der Waals surface area contributed by atoms with E-state index in [4.69, 9.17) is 9.73 Å². The van der Waals surface area contributed by atoms with E-state index in [1.54, 1.807) is 36.3 Å². The summed E-state index contributed by atoms with van der Waals surface area (Å²) >= 11 is 0. The van der Waals surface area contributed by atoms with Crippen molar-refractivity contribution in [3.63, 3.8) is 0 Å². The maximum absolute atomic E-state index is 13.6. The van der Waals surface area contributed by atoms with Gasteiger partial charge >= 0.3 is 0 Å². The number of carbonyl (C=O) groups is 1. The summed E-state index contributed by atoms with van der Waals surface area (Å²) in [5.41, 5.74) is 1.16. The summed E-state index contributed by atoms with van der Waals surface area (Å²) in [6, 6.07) is 11.4. The van der Waals surface area contributed by atoms with Crippen LogP contribution in [-0.4, -0.2) is 66.9 Å². The summed E-state index contributed by atoms with van der Waals surface area (Å²) in [5, 5.41) is 11.3. The van der Waals surface area contributed by atoms with Crippen LogP contribution in [0.25, 0.3) is 0 Å². The normalized spacial score (nSPS) is 19.2. The Morgan fingerprint density at radius 3 is 2.52 bits per heavy atom. The largest absolute Gasteiger partial charge is 0.497 e. The van der Waals surface area contributed by atoms with E-state index in [2.05, 4.69) is 4.90 Å². The predicted octanol–water partition coefficient (Wildman–Crippen LogP) is 2.50. The van der Waals surface area contributed by atoms with Crippen molar-refractivity contribution in [2.24, 2.45) is 4.99 Å². The highest BCUT2D eigenvalue weighted by Gasteiger charge is 2.41. The molecule has 4 rings (SSSR count). The van der Waals surface area contributed by atoms with E-state index in [1.165, 1.54) is 18.2 Å². The number of benzene rings is 2. The third kappa shape index (κ3) is 3.19. The predicted molar refractivity (Wildman–Crippen MR) is 109 cm³/mol. The van der Waals surface area contributed by atoms with Gasteiger partial charge in [-0.05, 0) is 37.4 Å². The minimum atomic E-state index is -0.505. The highest BCUT2D eigenvalue weighted by atomic mass is 16.6. The average Bonchev–Trinajstić information content (AvgIpc) is 2.85. The molecule has 2 heterocycles. The van der Waals surface area contributed by atoms with E-state index >= 15 is 0 Å². The van der Waals surface area contributed by atoms with Gasteiger partial charge in [-0.25, -0.2) is 4.99 Å². The molecular weight excluding hydrogens is 374 g/mol. The van der Waals surface area contributed by atoms with E-state index in [0.717, 1.165) is 18.9 Å². The van der Waals surface area contributed by atoms with Crippen LogP contribution >= 0.6 is 0 Å². The first-order chi connectivity index (χ1) is 13.9. The second-order valence-electron chi connectivity index (χ2n) is 7.08. The molecule has 1 amide bonds. The van der Waals surface area contributed by atoms with Crippen LogP contribution in [0.15, 0.2) is 47.5 Å². The smallest absolute Gasteiger partial charge is 0.270 e. The van der Waals surface area contributed by atoms with Gasteiger partial charge in [0.1, 0.15) is 17.8 Å². The van der Waals surface area contributed by atoms with E-state index in [-0.39, 0.29) is 17.2 Å². The molecule has 1 atom stereocenters. The molecule has 0 aliphatic carbocycles. The molecule has 0 N–H and O–H groups in total.